The molecule has 54 heavy (non-hydrogen) atoms. The summed E-state index contributed by atoms with van der Waals surface area (Å²) in [6.07, 6.45) is 1.73. The first kappa shape index (κ1) is 33.9. The van der Waals surface area contributed by atoms with Gasteiger partial charge in [0.05, 0.1) is 35.6 Å². The summed E-state index contributed by atoms with van der Waals surface area (Å²) >= 11 is 0. The fourth-order valence-electron chi connectivity index (χ4n) is 6.84. The molecule has 2 heterocycles. The van der Waals surface area contributed by atoms with Crippen LogP contribution in [0.15, 0.2) is 193 Å². The zero-order valence-electron chi connectivity index (χ0n) is 29.8. The smallest absolute Gasteiger partial charge is 0.271 e. The molecule has 6 nitrogen and oxygen atoms in total. The van der Waals surface area contributed by atoms with Crippen molar-refractivity contribution in [3.63, 3.8) is 0 Å². The summed E-state index contributed by atoms with van der Waals surface area (Å²) in [5.41, 5.74) is 14.5. The highest BCUT2D eigenvalue weighted by Gasteiger charge is 2.19. The topological polar surface area (TPSA) is 60.5 Å². The van der Waals surface area contributed by atoms with E-state index in [1.54, 1.807) is 6.21 Å². The molecule has 8 rings (SSSR count). The number of nitrogens with zero attached hydrogens (tertiary/aromatic N) is 3. The van der Waals surface area contributed by atoms with Gasteiger partial charge in [0.1, 0.15) is 5.75 Å². The lowest BCUT2D eigenvalue weighted by Crippen LogP contribution is -2.17. The minimum atomic E-state index is -0.299. The zero-order chi connectivity index (χ0) is 36.7. The predicted octanol–water partition coefficient (Wildman–Crippen LogP) is 11.1. The van der Waals surface area contributed by atoms with E-state index < -0.39 is 0 Å². The number of benzene rings is 6. The van der Waals surface area contributed by atoms with Crippen LogP contribution in [0.4, 0.5) is 0 Å². The molecule has 0 fully saturated rings. The molecule has 6 heteroatoms. The minimum Gasteiger partial charge on any atom is -0.494 e. The van der Waals surface area contributed by atoms with Crippen molar-refractivity contribution in [2.45, 2.75) is 6.92 Å². The van der Waals surface area contributed by atoms with Crippen LogP contribution >= 0.6 is 0 Å². The van der Waals surface area contributed by atoms with E-state index in [2.05, 4.69) is 98.5 Å². The van der Waals surface area contributed by atoms with Crippen LogP contribution in [0.3, 0.4) is 0 Å². The van der Waals surface area contributed by atoms with Gasteiger partial charge in [0.25, 0.3) is 5.91 Å². The summed E-state index contributed by atoms with van der Waals surface area (Å²) < 4.78 is 10.2. The number of ether oxygens (including phenoxy) is 1. The van der Waals surface area contributed by atoms with E-state index in [1.165, 1.54) is 0 Å². The minimum absolute atomic E-state index is 0.299. The number of hydrazone groups is 1. The van der Waals surface area contributed by atoms with Gasteiger partial charge in [-0.15, -0.1) is 0 Å². The zero-order valence-corrected chi connectivity index (χ0v) is 29.8. The molecule has 2 aromatic heterocycles. The van der Waals surface area contributed by atoms with Crippen molar-refractivity contribution < 1.29 is 9.53 Å². The molecule has 0 aliphatic carbocycles. The first-order valence-corrected chi connectivity index (χ1v) is 18.0. The van der Waals surface area contributed by atoms with Gasteiger partial charge < -0.3 is 13.9 Å². The summed E-state index contributed by atoms with van der Waals surface area (Å²) in [5.74, 6) is 0.516. The molecular formula is C48H38N4O2. The summed E-state index contributed by atoms with van der Waals surface area (Å²) in [5, 5.41) is 4.50. The molecule has 0 unspecified atom stereocenters. The molecule has 0 saturated carbocycles. The normalized spacial score (nSPS) is 11.1. The van der Waals surface area contributed by atoms with Gasteiger partial charge in [-0.1, -0.05) is 121 Å². The van der Waals surface area contributed by atoms with Gasteiger partial charge in [-0.2, -0.15) is 5.10 Å². The average molecular weight is 703 g/mol. The van der Waals surface area contributed by atoms with Crippen molar-refractivity contribution in [2.75, 3.05) is 6.61 Å². The van der Waals surface area contributed by atoms with Crippen molar-refractivity contribution in [2.24, 2.45) is 5.10 Å². The summed E-state index contributed by atoms with van der Waals surface area (Å²) in [7, 11) is 0. The quantitative estimate of drug-likeness (QED) is 0.108. The van der Waals surface area contributed by atoms with Crippen molar-refractivity contribution in [1.82, 2.24) is 14.6 Å². The Morgan fingerprint density at radius 1 is 0.556 bits per heavy atom. The van der Waals surface area contributed by atoms with E-state index in [1.807, 2.05) is 116 Å². The van der Waals surface area contributed by atoms with Crippen LogP contribution in [0.1, 0.15) is 22.8 Å². The van der Waals surface area contributed by atoms with Crippen LogP contribution in [0, 0.1) is 0 Å². The summed E-state index contributed by atoms with van der Waals surface area (Å²) in [6, 6.07) is 63.3. The Bertz CT molecular complexity index is 2450. The van der Waals surface area contributed by atoms with Gasteiger partial charge in [-0.25, -0.2) is 5.43 Å². The van der Waals surface area contributed by atoms with Crippen molar-refractivity contribution in [3.8, 4) is 62.2 Å². The van der Waals surface area contributed by atoms with Gasteiger partial charge in [-0.3, -0.25) is 4.79 Å². The first-order valence-electron chi connectivity index (χ1n) is 18.0. The second-order valence-electron chi connectivity index (χ2n) is 12.7. The Morgan fingerprint density at radius 3 is 1.54 bits per heavy atom. The second-order valence-corrected chi connectivity index (χ2v) is 12.7. The lowest BCUT2D eigenvalue weighted by atomic mass is 10.1. The molecule has 0 saturated heterocycles. The van der Waals surface area contributed by atoms with Crippen LogP contribution in [-0.2, 0) is 0 Å². The highest BCUT2D eigenvalue weighted by molar-refractivity contribution is 5.97. The molecule has 6 aromatic carbocycles. The third-order valence-electron chi connectivity index (χ3n) is 9.33. The number of nitrogens with one attached hydrogen (secondary N) is 1. The van der Waals surface area contributed by atoms with Crippen molar-refractivity contribution in [1.29, 1.82) is 0 Å². The maximum Gasteiger partial charge on any atom is 0.271 e. The monoisotopic (exact) mass is 702 g/mol. The molecule has 0 aliphatic rings. The lowest BCUT2D eigenvalue weighted by Gasteiger charge is -2.15. The van der Waals surface area contributed by atoms with Crippen LogP contribution in [0.5, 0.6) is 5.75 Å². The Morgan fingerprint density at radius 2 is 1.02 bits per heavy atom. The fraction of sp³-hybridized carbons (Fsp3) is 0.0417. The van der Waals surface area contributed by atoms with E-state index in [0.29, 0.717) is 12.2 Å². The molecule has 0 atom stereocenters. The van der Waals surface area contributed by atoms with E-state index >= 15 is 0 Å². The number of hydrogen-bond donors (Lipinski definition) is 1. The lowest BCUT2D eigenvalue weighted by molar-refractivity contribution is 0.0955. The number of carbonyl (C=O) groups excluding carboxylic acids is 1. The first-order chi connectivity index (χ1) is 26.7. The average Bonchev–Trinajstić information content (AvgIpc) is 3.86. The molecule has 262 valence electrons. The van der Waals surface area contributed by atoms with Gasteiger partial charge >= 0.3 is 0 Å². The Kier molecular flexibility index (Phi) is 9.80. The molecule has 1 N–H and O–H groups in total. The largest absolute Gasteiger partial charge is 0.494 e. The molecule has 8 aromatic rings. The molecule has 0 aliphatic heterocycles. The number of aromatic nitrogens is 2. The standard InChI is InChI=1S/C48H38N4O2/c1-2-54-43-29-27-42(28-30-43)52-46(37-19-11-5-12-20-37)33-40(47(52)38-21-13-6-14-22-38)34-49-50-48(53)39-23-25-41(26-24-39)51-44(35-15-7-3-8-16-35)31-32-45(51)36-17-9-4-10-18-36/h3-34H,2H2,1H3,(H,50,53). The number of rotatable bonds is 11. The van der Waals surface area contributed by atoms with Crippen molar-refractivity contribution >= 4 is 12.1 Å². The molecule has 0 radical (unpaired) electrons. The van der Waals surface area contributed by atoms with E-state index in [4.69, 9.17) is 4.74 Å². The van der Waals surface area contributed by atoms with Gasteiger partial charge in [-0.05, 0) is 95.9 Å². The number of hydrogen-bond acceptors (Lipinski definition) is 3. The highest BCUT2D eigenvalue weighted by atomic mass is 16.5. The van der Waals surface area contributed by atoms with Crippen LogP contribution in [0.25, 0.3) is 56.4 Å². The third kappa shape index (κ3) is 7.01. The highest BCUT2D eigenvalue weighted by Crippen LogP contribution is 2.36. The van der Waals surface area contributed by atoms with Crippen LogP contribution in [-0.4, -0.2) is 27.9 Å². The molecular weight excluding hydrogens is 665 g/mol. The summed E-state index contributed by atoms with van der Waals surface area (Å²) in [6.45, 7) is 2.58. The SMILES string of the molecule is CCOc1ccc(-n2c(-c3ccccc3)cc(C=NNC(=O)c3ccc(-n4c(-c5ccccc5)ccc4-c4ccccc4)cc3)c2-c2ccccc2)cc1. The van der Waals surface area contributed by atoms with E-state index in [0.717, 1.165) is 67.7 Å². The van der Waals surface area contributed by atoms with Crippen molar-refractivity contribution in [3.05, 3.63) is 199 Å². The number of carbonyl (C=O) groups is 1. The maximum atomic E-state index is 13.5. The number of amides is 1. The Balaban J connectivity index is 1.12. The van der Waals surface area contributed by atoms with Crippen LogP contribution in [0.2, 0.25) is 0 Å². The second kappa shape index (κ2) is 15.6. The fourth-order valence-corrected chi connectivity index (χ4v) is 6.84. The third-order valence-corrected chi connectivity index (χ3v) is 9.33. The molecule has 0 spiro atoms. The summed E-state index contributed by atoms with van der Waals surface area (Å²) in [4.78, 5) is 13.5. The van der Waals surface area contributed by atoms with Gasteiger partial charge in [0.2, 0.25) is 0 Å². The Labute approximate surface area is 315 Å². The van der Waals surface area contributed by atoms with Gasteiger partial charge in [0, 0.05) is 22.5 Å². The molecule has 0 bridgehead atoms. The van der Waals surface area contributed by atoms with Crippen LogP contribution < -0.4 is 10.2 Å². The predicted molar refractivity (Wildman–Crippen MR) is 220 cm³/mol. The maximum absolute atomic E-state index is 13.5. The van der Waals surface area contributed by atoms with E-state index in [-0.39, 0.29) is 5.91 Å². The van der Waals surface area contributed by atoms with E-state index in [9.17, 15) is 4.79 Å². The van der Waals surface area contributed by atoms with Gasteiger partial charge in [0.15, 0.2) is 0 Å². The Hall–Kier alpha value is -7.18. The molecule has 1 amide bonds.